The van der Waals surface area contributed by atoms with Crippen molar-refractivity contribution in [3.63, 3.8) is 0 Å². The third-order valence-electron chi connectivity index (χ3n) is 5.47. The Morgan fingerprint density at radius 2 is 1.80 bits per heavy atom. The van der Waals surface area contributed by atoms with Crippen molar-refractivity contribution in [3.05, 3.63) is 48.0 Å². The van der Waals surface area contributed by atoms with Gasteiger partial charge in [0.15, 0.2) is 0 Å². The number of methoxy groups -OCH3 is 2. The monoisotopic (exact) mass is 409 g/mol. The summed E-state index contributed by atoms with van der Waals surface area (Å²) in [6.07, 6.45) is 2.78. The molecular formula is C23H27N3O4. The van der Waals surface area contributed by atoms with Gasteiger partial charge in [0.25, 0.3) is 0 Å². The Hall–Kier alpha value is -3.22. The van der Waals surface area contributed by atoms with Crippen LogP contribution in [0, 0.1) is 5.92 Å². The molecule has 1 N–H and O–H groups in total. The minimum atomic E-state index is -0.0475. The first-order chi connectivity index (χ1) is 14.6. The van der Waals surface area contributed by atoms with Gasteiger partial charge in [0.1, 0.15) is 11.5 Å². The molecule has 0 atom stereocenters. The molecule has 0 bridgehead atoms. The number of carbonyl (C=O) groups is 2. The number of urea groups is 1. The molecule has 158 valence electrons. The van der Waals surface area contributed by atoms with Gasteiger partial charge in [0.2, 0.25) is 5.91 Å². The fourth-order valence-corrected chi connectivity index (χ4v) is 3.69. The number of amides is 3. The number of nitrogens with one attached hydrogen (secondary N) is 1. The summed E-state index contributed by atoms with van der Waals surface area (Å²) in [5.74, 6) is 1.60. The SMILES string of the molecule is COc1cc(CN2CCCN(c3cccc(NC(=O)C4CC4)c3)C2=O)cc(OC)c1. The molecule has 2 aromatic carbocycles. The van der Waals surface area contributed by atoms with Gasteiger partial charge < -0.3 is 19.7 Å². The maximum Gasteiger partial charge on any atom is 0.324 e. The molecule has 7 nitrogen and oxygen atoms in total. The van der Waals surface area contributed by atoms with Gasteiger partial charge in [-0.25, -0.2) is 4.79 Å². The van der Waals surface area contributed by atoms with Crippen molar-refractivity contribution in [1.82, 2.24) is 4.90 Å². The molecule has 2 fully saturated rings. The lowest BCUT2D eigenvalue weighted by atomic mass is 10.1. The number of hydrogen-bond acceptors (Lipinski definition) is 4. The third-order valence-corrected chi connectivity index (χ3v) is 5.47. The summed E-state index contributed by atoms with van der Waals surface area (Å²) in [4.78, 5) is 28.9. The Morgan fingerprint density at radius 3 is 2.47 bits per heavy atom. The molecule has 1 saturated carbocycles. The predicted octanol–water partition coefficient (Wildman–Crippen LogP) is 3.88. The van der Waals surface area contributed by atoms with Crippen LogP contribution in [0.3, 0.4) is 0 Å². The van der Waals surface area contributed by atoms with E-state index in [1.807, 2.05) is 47.4 Å². The Kier molecular flexibility index (Phi) is 5.79. The van der Waals surface area contributed by atoms with Crippen LogP contribution in [0.15, 0.2) is 42.5 Å². The van der Waals surface area contributed by atoms with Crippen LogP contribution in [0.1, 0.15) is 24.8 Å². The first-order valence-electron chi connectivity index (χ1n) is 10.3. The van der Waals surface area contributed by atoms with Crippen LogP contribution in [0.25, 0.3) is 0 Å². The van der Waals surface area contributed by atoms with Gasteiger partial charge in [-0.1, -0.05) is 6.07 Å². The zero-order valence-electron chi connectivity index (χ0n) is 17.4. The lowest BCUT2D eigenvalue weighted by Gasteiger charge is -2.36. The van der Waals surface area contributed by atoms with Crippen LogP contribution in [-0.2, 0) is 11.3 Å². The van der Waals surface area contributed by atoms with Crippen LogP contribution in [0.4, 0.5) is 16.2 Å². The van der Waals surface area contributed by atoms with Gasteiger partial charge in [-0.3, -0.25) is 9.69 Å². The van der Waals surface area contributed by atoms with Crippen molar-refractivity contribution < 1.29 is 19.1 Å². The zero-order valence-corrected chi connectivity index (χ0v) is 17.4. The molecule has 2 aliphatic rings. The van der Waals surface area contributed by atoms with E-state index in [0.29, 0.717) is 31.1 Å². The minimum Gasteiger partial charge on any atom is -0.497 e. The summed E-state index contributed by atoms with van der Waals surface area (Å²) in [5, 5.41) is 2.96. The molecule has 0 unspecified atom stereocenters. The summed E-state index contributed by atoms with van der Waals surface area (Å²) in [5.41, 5.74) is 2.47. The van der Waals surface area contributed by atoms with Crippen molar-refractivity contribution >= 4 is 23.3 Å². The molecule has 1 saturated heterocycles. The number of rotatable bonds is 7. The van der Waals surface area contributed by atoms with E-state index in [2.05, 4.69) is 5.32 Å². The van der Waals surface area contributed by atoms with Crippen LogP contribution in [0.2, 0.25) is 0 Å². The average molecular weight is 409 g/mol. The molecular weight excluding hydrogens is 382 g/mol. The highest BCUT2D eigenvalue weighted by molar-refractivity contribution is 5.96. The molecule has 1 aliphatic heterocycles. The Balaban J connectivity index is 1.49. The highest BCUT2D eigenvalue weighted by Crippen LogP contribution is 2.31. The fraction of sp³-hybridized carbons (Fsp3) is 0.391. The summed E-state index contributed by atoms with van der Waals surface area (Å²) in [6, 6.07) is 13.1. The van der Waals surface area contributed by atoms with Crippen molar-refractivity contribution in [2.24, 2.45) is 5.92 Å². The first-order valence-corrected chi connectivity index (χ1v) is 10.3. The van der Waals surface area contributed by atoms with Crippen molar-refractivity contribution in [2.45, 2.75) is 25.8 Å². The molecule has 1 aliphatic carbocycles. The smallest absolute Gasteiger partial charge is 0.324 e. The van der Waals surface area contributed by atoms with Crippen LogP contribution in [0.5, 0.6) is 11.5 Å². The molecule has 2 aromatic rings. The van der Waals surface area contributed by atoms with E-state index in [4.69, 9.17) is 9.47 Å². The van der Waals surface area contributed by atoms with Crippen LogP contribution in [-0.4, -0.2) is 44.1 Å². The second kappa shape index (κ2) is 8.65. The Bertz CT molecular complexity index is 920. The lowest BCUT2D eigenvalue weighted by molar-refractivity contribution is -0.117. The number of ether oxygens (including phenoxy) is 2. The highest BCUT2D eigenvalue weighted by Gasteiger charge is 2.30. The first kappa shape index (κ1) is 20.1. The standard InChI is InChI=1S/C23H27N3O4/c1-29-20-11-16(12-21(14-20)30-2)15-25-9-4-10-26(23(25)28)19-6-3-5-18(13-19)24-22(27)17-7-8-17/h3,5-6,11-14,17H,4,7-10,15H2,1-2H3,(H,24,27). The van der Waals surface area contributed by atoms with E-state index in [1.165, 1.54) is 0 Å². The van der Waals surface area contributed by atoms with E-state index in [1.54, 1.807) is 19.1 Å². The predicted molar refractivity (Wildman–Crippen MR) is 115 cm³/mol. The van der Waals surface area contributed by atoms with E-state index >= 15 is 0 Å². The van der Waals surface area contributed by atoms with Crippen LogP contribution < -0.4 is 19.7 Å². The number of benzene rings is 2. The number of carbonyl (C=O) groups excluding carboxylic acids is 2. The van der Waals surface area contributed by atoms with Gasteiger partial charge in [0, 0.05) is 43.0 Å². The van der Waals surface area contributed by atoms with Crippen molar-refractivity contribution in [3.8, 4) is 11.5 Å². The Labute approximate surface area is 176 Å². The summed E-state index contributed by atoms with van der Waals surface area (Å²) < 4.78 is 10.7. The number of nitrogens with zero attached hydrogens (tertiary/aromatic N) is 2. The molecule has 7 heteroatoms. The molecule has 0 spiro atoms. The highest BCUT2D eigenvalue weighted by atomic mass is 16.5. The Morgan fingerprint density at radius 1 is 1.07 bits per heavy atom. The summed E-state index contributed by atoms with van der Waals surface area (Å²) in [7, 11) is 3.22. The van der Waals surface area contributed by atoms with Gasteiger partial charge in [0.05, 0.1) is 14.2 Å². The van der Waals surface area contributed by atoms with Gasteiger partial charge >= 0.3 is 6.03 Å². The molecule has 4 rings (SSSR count). The second-order valence-electron chi connectivity index (χ2n) is 7.74. The number of hydrogen-bond donors (Lipinski definition) is 1. The maximum absolute atomic E-state index is 13.2. The van der Waals surface area contributed by atoms with E-state index < -0.39 is 0 Å². The number of anilines is 2. The molecule has 0 radical (unpaired) electrons. The van der Waals surface area contributed by atoms with Gasteiger partial charge in [-0.2, -0.15) is 0 Å². The van der Waals surface area contributed by atoms with E-state index in [9.17, 15) is 9.59 Å². The third kappa shape index (κ3) is 4.50. The van der Waals surface area contributed by atoms with Crippen molar-refractivity contribution in [2.75, 3.05) is 37.5 Å². The normalized spacial score (nSPS) is 16.4. The fourth-order valence-electron chi connectivity index (χ4n) is 3.69. The molecule has 3 amide bonds. The zero-order chi connectivity index (χ0) is 21.1. The average Bonchev–Trinajstić information content (AvgIpc) is 3.60. The quantitative estimate of drug-likeness (QED) is 0.753. The maximum atomic E-state index is 13.2. The van der Waals surface area contributed by atoms with Crippen LogP contribution >= 0.6 is 0 Å². The molecule has 1 heterocycles. The van der Waals surface area contributed by atoms with E-state index in [-0.39, 0.29) is 17.9 Å². The second-order valence-corrected chi connectivity index (χ2v) is 7.74. The lowest BCUT2D eigenvalue weighted by Crippen LogP contribution is -2.49. The molecule has 0 aromatic heterocycles. The van der Waals surface area contributed by atoms with Gasteiger partial charge in [-0.15, -0.1) is 0 Å². The molecule has 30 heavy (non-hydrogen) atoms. The minimum absolute atomic E-state index is 0.0475. The largest absolute Gasteiger partial charge is 0.497 e. The summed E-state index contributed by atoms with van der Waals surface area (Å²) in [6.45, 7) is 1.81. The van der Waals surface area contributed by atoms with Gasteiger partial charge in [-0.05, 0) is 55.2 Å². The topological polar surface area (TPSA) is 71.1 Å². The van der Waals surface area contributed by atoms with E-state index in [0.717, 1.165) is 36.2 Å². The van der Waals surface area contributed by atoms with Crippen molar-refractivity contribution in [1.29, 1.82) is 0 Å². The summed E-state index contributed by atoms with van der Waals surface area (Å²) >= 11 is 0.